The minimum Gasteiger partial charge on any atom is -0.493 e. The SMILES string of the molecule is N#CCc1ccc(NCc2cc(Cl)cc3c2OCC3)cc1. The van der Waals surface area contributed by atoms with E-state index in [1.165, 1.54) is 5.56 Å². The molecule has 0 saturated heterocycles. The van der Waals surface area contributed by atoms with Gasteiger partial charge in [0.1, 0.15) is 5.75 Å². The number of nitriles is 1. The van der Waals surface area contributed by atoms with Gasteiger partial charge in [-0.2, -0.15) is 5.26 Å². The summed E-state index contributed by atoms with van der Waals surface area (Å²) in [4.78, 5) is 0. The maximum absolute atomic E-state index is 8.66. The molecule has 0 radical (unpaired) electrons. The van der Waals surface area contributed by atoms with Crippen LogP contribution in [0.25, 0.3) is 0 Å². The lowest BCUT2D eigenvalue weighted by atomic mass is 10.1. The molecule has 0 aromatic heterocycles. The van der Waals surface area contributed by atoms with Gasteiger partial charge in [0.15, 0.2) is 0 Å². The maximum atomic E-state index is 8.66. The van der Waals surface area contributed by atoms with E-state index in [-0.39, 0.29) is 0 Å². The van der Waals surface area contributed by atoms with Crippen LogP contribution in [0.3, 0.4) is 0 Å². The Balaban J connectivity index is 1.72. The van der Waals surface area contributed by atoms with Crippen LogP contribution in [0.5, 0.6) is 5.75 Å². The summed E-state index contributed by atoms with van der Waals surface area (Å²) >= 11 is 6.15. The molecule has 0 fully saturated rings. The van der Waals surface area contributed by atoms with Crippen LogP contribution in [-0.2, 0) is 19.4 Å². The van der Waals surface area contributed by atoms with Crippen molar-refractivity contribution in [3.63, 3.8) is 0 Å². The summed E-state index contributed by atoms with van der Waals surface area (Å²) in [6, 6.07) is 14.0. The molecule has 21 heavy (non-hydrogen) atoms. The number of rotatable bonds is 4. The highest BCUT2D eigenvalue weighted by Gasteiger charge is 2.17. The molecule has 0 atom stereocenters. The third kappa shape index (κ3) is 3.12. The fraction of sp³-hybridized carbons (Fsp3) is 0.235. The van der Waals surface area contributed by atoms with Gasteiger partial charge in [0.25, 0.3) is 0 Å². The Morgan fingerprint density at radius 1 is 1.24 bits per heavy atom. The Bertz CT molecular complexity index is 689. The van der Waals surface area contributed by atoms with E-state index in [1.807, 2.05) is 36.4 Å². The second kappa shape index (κ2) is 6.07. The molecule has 0 bridgehead atoms. The van der Waals surface area contributed by atoms with Gasteiger partial charge in [-0.25, -0.2) is 0 Å². The molecule has 2 aromatic carbocycles. The largest absolute Gasteiger partial charge is 0.493 e. The Morgan fingerprint density at radius 3 is 2.81 bits per heavy atom. The summed E-state index contributed by atoms with van der Waals surface area (Å²) in [7, 11) is 0. The van der Waals surface area contributed by atoms with Crippen molar-refractivity contribution >= 4 is 17.3 Å². The zero-order valence-electron chi connectivity index (χ0n) is 11.5. The van der Waals surface area contributed by atoms with Crippen LogP contribution in [0.2, 0.25) is 5.02 Å². The Labute approximate surface area is 129 Å². The summed E-state index contributed by atoms with van der Waals surface area (Å²) in [5.41, 5.74) is 4.30. The number of nitrogens with zero attached hydrogens (tertiary/aromatic N) is 1. The fourth-order valence-electron chi connectivity index (χ4n) is 2.51. The molecule has 1 aliphatic heterocycles. The van der Waals surface area contributed by atoms with Crippen molar-refractivity contribution in [1.29, 1.82) is 5.26 Å². The van der Waals surface area contributed by atoms with Gasteiger partial charge in [0, 0.05) is 29.2 Å². The highest BCUT2D eigenvalue weighted by molar-refractivity contribution is 6.30. The quantitative estimate of drug-likeness (QED) is 0.929. The summed E-state index contributed by atoms with van der Waals surface area (Å²) in [6.07, 6.45) is 1.36. The summed E-state index contributed by atoms with van der Waals surface area (Å²) in [5, 5.41) is 12.8. The summed E-state index contributed by atoms with van der Waals surface area (Å²) in [5.74, 6) is 0.966. The van der Waals surface area contributed by atoms with Crippen LogP contribution >= 0.6 is 11.6 Å². The predicted octanol–water partition coefficient (Wildman–Crippen LogP) is 3.95. The van der Waals surface area contributed by atoms with Gasteiger partial charge in [0.2, 0.25) is 0 Å². The first-order chi connectivity index (χ1) is 10.3. The number of halogens is 1. The van der Waals surface area contributed by atoms with Gasteiger partial charge in [-0.1, -0.05) is 23.7 Å². The Morgan fingerprint density at radius 2 is 2.05 bits per heavy atom. The van der Waals surface area contributed by atoms with E-state index in [0.29, 0.717) is 13.0 Å². The van der Waals surface area contributed by atoms with Gasteiger partial charge >= 0.3 is 0 Å². The number of nitrogens with one attached hydrogen (secondary N) is 1. The molecule has 1 N–H and O–H groups in total. The average Bonchev–Trinajstić information content (AvgIpc) is 2.94. The molecule has 3 nitrogen and oxygen atoms in total. The molecule has 0 spiro atoms. The smallest absolute Gasteiger partial charge is 0.127 e. The highest BCUT2D eigenvalue weighted by atomic mass is 35.5. The fourth-order valence-corrected chi connectivity index (χ4v) is 2.77. The van der Waals surface area contributed by atoms with Crippen molar-refractivity contribution < 1.29 is 4.74 Å². The molecule has 106 valence electrons. The minimum absolute atomic E-state index is 0.440. The summed E-state index contributed by atoms with van der Waals surface area (Å²) < 4.78 is 5.69. The van der Waals surface area contributed by atoms with Gasteiger partial charge in [0.05, 0.1) is 19.1 Å². The third-order valence-electron chi connectivity index (χ3n) is 3.55. The van der Waals surface area contributed by atoms with Crippen LogP contribution in [0, 0.1) is 11.3 Å². The first-order valence-electron chi connectivity index (χ1n) is 6.90. The zero-order valence-corrected chi connectivity index (χ0v) is 12.3. The molecule has 1 heterocycles. The van der Waals surface area contributed by atoms with Crippen molar-refractivity contribution in [3.05, 3.63) is 58.1 Å². The molecule has 0 saturated carbocycles. The lowest BCUT2D eigenvalue weighted by Crippen LogP contribution is -2.01. The molecule has 0 aliphatic carbocycles. The lowest BCUT2D eigenvalue weighted by Gasteiger charge is -2.11. The standard InChI is InChI=1S/C17H15ClN2O/c18-15-9-13-6-8-21-17(13)14(10-15)11-20-16-3-1-12(2-4-16)5-7-19/h1-4,9-10,20H,5-6,8,11H2. The van der Waals surface area contributed by atoms with Crippen molar-refractivity contribution in [3.8, 4) is 11.8 Å². The first-order valence-corrected chi connectivity index (χ1v) is 7.28. The summed E-state index contributed by atoms with van der Waals surface area (Å²) in [6.45, 7) is 1.39. The zero-order chi connectivity index (χ0) is 14.7. The third-order valence-corrected chi connectivity index (χ3v) is 3.76. The number of anilines is 1. The molecule has 3 rings (SSSR count). The van der Waals surface area contributed by atoms with Crippen molar-refractivity contribution in [2.75, 3.05) is 11.9 Å². The van der Waals surface area contributed by atoms with Crippen molar-refractivity contribution in [1.82, 2.24) is 0 Å². The second-order valence-corrected chi connectivity index (χ2v) is 5.47. The van der Waals surface area contributed by atoms with E-state index >= 15 is 0 Å². The van der Waals surface area contributed by atoms with Crippen LogP contribution in [0.15, 0.2) is 36.4 Å². The number of ether oxygens (including phenoxy) is 1. The number of benzene rings is 2. The minimum atomic E-state index is 0.440. The molecule has 1 aliphatic rings. The normalized spacial score (nSPS) is 12.4. The highest BCUT2D eigenvalue weighted by Crippen LogP contribution is 2.33. The first kappa shape index (κ1) is 13.8. The van der Waals surface area contributed by atoms with E-state index in [0.717, 1.165) is 40.6 Å². The predicted molar refractivity (Wildman–Crippen MR) is 83.7 cm³/mol. The molecule has 4 heteroatoms. The molecule has 0 amide bonds. The van der Waals surface area contributed by atoms with E-state index in [1.54, 1.807) is 0 Å². The molecular weight excluding hydrogens is 284 g/mol. The maximum Gasteiger partial charge on any atom is 0.127 e. The van der Waals surface area contributed by atoms with E-state index in [4.69, 9.17) is 21.6 Å². The van der Waals surface area contributed by atoms with Gasteiger partial charge in [-0.15, -0.1) is 0 Å². The van der Waals surface area contributed by atoms with Crippen LogP contribution in [0.4, 0.5) is 5.69 Å². The van der Waals surface area contributed by atoms with Gasteiger partial charge in [-0.3, -0.25) is 0 Å². The molecule has 0 unspecified atom stereocenters. The monoisotopic (exact) mass is 298 g/mol. The van der Waals surface area contributed by atoms with Crippen LogP contribution in [-0.4, -0.2) is 6.61 Å². The van der Waals surface area contributed by atoms with Crippen molar-refractivity contribution in [2.45, 2.75) is 19.4 Å². The topological polar surface area (TPSA) is 45.0 Å². The van der Waals surface area contributed by atoms with E-state index < -0.39 is 0 Å². The Hall–Kier alpha value is -2.18. The van der Waals surface area contributed by atoms with Crippen LogP contribution in [0.1, 0.15) is 16.7 Å². The molecular formula is C17H15ClN2O. The van der Waals surface area contributed by atoms with Gasteiger partial charge < -0.3 is 10.1 Å². The second-order valence-electron chi connectivity index (χ2n) is 5.04. The number of hydrogen-bond donors (Lipinski definition) is 1. The Kier molecular flexibility index (Phi) is 3.98. The van der Waals surface area contributed by atoms with Crippen molar-refractivity contribution in [2.24, 2.45) is 0 Å². The van der Waals surface area contributed by atoms with E-state index in [9.17, 15) is 0 Å². The number of hydrogen-bond acceptors (Lipinski definition) is 3. The number of fused-ring (bicyclic) bond motifs is 1. The molecule has 2 aromatic rings. The van der Waals surface area contributed by atoms with Gasteiger partial charge in [-0.05, 0) is 35.4 Å². The van der Waals surface area contributed by atoms with Crippen LogP contribution < -0.4 is 10.1 Å². The lowest BCUT2D eigenvalue weighted by molar-refractivity contribution is 0.354. The average molecular weight is 299 g/mol. The van der Waals surface area contributed by atoms with E-state index in [2.05, 4.69) is 11.4 Å².